The van der Waals surface area contributed by atoms with Crippen molar-refractivity contribution in [1.82, 2.24) is 4.90 Å². The van der Waals surface area contributed by atoms with Crippen LogP contribution in [-0.2, 0) is 11.2 Å². The molecule has 0 saturated carbocycles. The number of rotatable bonds is 7. The zero-order valence-corrected chi connectivity index (χ0v) is 20.7. The highest BCUT2D eigenvalue weighted by Crippen LogP contribution is 2.38. The molecule has 0 spiro atoms. The predicted octanol–water partition coefficient (Wildman–Crippen LogP) is 6.31. The molecule has 1 aliphatic rings. The first-order valence-electron chi connectivity index (χ1n) is 10.4. The maximum absolute atomic E-state index is 13.4. The van der Waals surface area contributed by atoms with Gasteiger partial charge in [0.15, 0.2) is 16.7 Å². The second kappa shape index (κ2) is 10.7. The van der Waals surface area contributed by atoms with Crippen LogP contribution in [0.5, 0.6) is 11.5 Å². The Labute approximate surface area is 206 Å². The number of ether oxygens (including phenoxy) is 2. The molecule has 33 heavy (non-hydrogen) atoms. The van der Waals surface area contributed by atoms with Crippen LogP contribution in [0.4, 0.5) is 5.69 Å². The molecule has 1 heterocycles. The van der Waals surface area contributed by atoms with E-state index >= 15 is 0 Å². The number of hydrogen-bond acceptors (Lipinski definition) is 5. The number of benzene rings is 3. The third-order valence-electron chi connectivity index (χ3n) is 5.13. The van der Waals surface area contributed by atoms with Gasteiger partial charge >= 0.3 is 0 Å². The summed E-state index contributed by atoms with van der Waals surface area (Å²) in [5.41, 5.74) is 2.81. The van der Waals surface area contributed by atoms with E-state index in [9.17, 15) is 4.79 Å². The third-order valence-corrected chi connectivity index (χ3v) is 6.82. The van der Waals surface area contributed by atoms with Gasteiger partial charge in [-0.2, -0.15) is 0 Å². The van der Waals surface area contributed by atoms with Crippen molar-refractivity contribution in [2.45, 2.75) is 6.42 Å². The Kier molecular flexibility index (Phi) is 7.52. The molecule has 0 radical (unpaired) electrons. The van der Waals surface area contributed by atoms with Gasteiger partial charge in [-0.3, -0.25) is 9.69 Å². The van der Waals surface area contributed by atoms with Crippen LogP contribution in [0.2, 0.25) is 0 Å². The monoisotopic (exact) mass is 522 g/mol. The number of amides is 1. The van der Waals surface area contributed by atoms with Crippen molar-refractivity contribution in [3.05, 3.63) is 93.3 Å². The van der Waals surface area contributed by atoms with Gasteiger partial charge in [0.1, 0.15) is 0 Å². The van der Waals surface area contributed by atoms with Crippen LogP contribution in [-0.4, -0.2) is 36.7 Å². The van der Waals surface area contributed by atoms with Gasteiger partial charge in [0, 0.05) is 11.0 Å². The minimum atomic E-state index is -0.0627. The minimum absolute atomic E-state index is 0.0627. The summed E-state index contributed by atoms with van der Waals surface area (Å²) in [6, 6.07) is 23.5. The van der Waals surface area contributed by atoms with Crippen LogP contribution in [0.25, 0.3) is 6.08 Å². The highest BCUT2D eigenvalue weighted by Gasteiger charge is 2.33. The Hall–Kier alpha value is -3.03. The van der Waals surface area contributed by atoms with E-state index in [2.05, 4.69) is 28.1 Å². The molecule has 0 atom stereocenters. The first kappa shape index (κ1) is 23.1. The fourth-order valence-corrected chi connectivity index (χ4v) is 4.86. The summed E-state index contributed by atoms with van der Waals surface area (Å²) < 4.78 is 11.6. The van der Waals surface area contributed by atoms with Gasteiger partial charge in [0.25, 0.3) is 5.91 Å². The molecular formula is C26H23BrN2O3S. The van der Waals surface area contributed by atoms with E-state index in [1.54, 1.807) is 19.1 Å². The van der Waals surface area contributed by atoms with Gasteiger partial charge in [0.2, 0.25) is 0 Å². The summed E-state index contributed by atoms with van der Waals surface area (Å²) in [6.45, 7) is 0.548. The lowest BCUT2D eigenvalue weighted by atomic mass is 10.1. The summed E-state index contributed by atoms with van der Waals surface area (Å²) in [4.78, 5) is 20.5. The highest BCUT2D eigenvalue weighted by atomic mass is 79.9. The zero-order chi connectivity index (χ0) is 23.2. The van der Waals surface area contributed by atoms with Crippen LogP contribution in [0, 0.1) is 0 Å². The number of aliphatic imine (C=N–C) groups is 1. The summed E-state index contributed by atoms with van der Waals surface area (Å²) >= 11 is 4.96. The van der Waals surface area contributed by atoms with E-state index < -0.39 is 0 Å². The molecule has 5 nitrogen and oxygen atoms in total. The number of thioether (sulfide) groups is 1. The SMILES string of the molecule is COc1cc(Br)c(C=C2SC(=Nc3ccccc3)N(CCc3ccccc3)C2=O)cc1OC. The molecule has 1 fully saturated rings. The Bertz CT molecular complexity index is 1200. The molecule has 0 bridgehead atoms. The molecular weight excluding hydrogens is 500 g/mol. The average molecular weight is 523 g/mol. The molecule has 1 aliphatic heterocycles. The van der Waals surface area contributed by atoms with E-state index in [0.717, 1.165) is 22.1 Å². The fraction of sp³-hybridized carbons (Fsp3) is 0.154. The van der Waals surface area contributed by atoms with Crippen molar-refractivity contribution in [2.75, 3.05) is 20.8 Å². The average Bonchev–Trinajstić information content (AvgIpc) is 3.13. The number of methoxy groups -OCH3 is 2. The smallest absolute Gasteiger partial charge is 0.266 e. The number of carbonyl (C=O) groups is 1. The molecule has 7 heteroatoms. The summed E-state index contributed by atoms with van der Waals surface area (Å²) in [7, 11) is 3.18. The van der Waals surface area contributed by atoms with Crippen LogP contribution in [0.15, 0.2) is 87.2 Å². The van der Waals surface area contributed by atoms with Crippen molar-refractivity contribution in [2.24, 2.45) is 4.99 Å². The topological polar surface area (TPSA) is 51.1 Å². The number of nitrogens with zero attached hydrogens (tertiary/aromatic N) is 2. The van der Waals surface area contributed by atoms with E-state index in [1.165, 1.54) is 17.3 Å². The van der Waals surface area contributed by atoms with Gasteiger partial charge in [-0.15, -0.1) is 0 Å². The Morgan fingerprint density at radius 3 is 2.27 bits per heavy atom. The fourth-order valence-electron chi connectivity index (χ4n) is 3.41. The van der Waals surface area contributed by atoms with Crippen molar-refractivity contribution >= 4 is 50.5 Å². The Morgan fingerprint density at radius 1 is 0.970 bits per heavy atom. The number of para-hydroxylation sites is 1. The number of hydrogen-bond donors (Lipinski definition) is 0. The molecule has 0 N–H and O–H groups in total. The lowest BCUT2D eigenvalue weighted by molar-refractivity contribution is -0.122. The maximum atomic E-state index is 13.4. The molecule has 3 aromatic rings. The Morgan fingerprint density at radius 2 is 1.61 bits per heavy atom. The predicted molar refractivity (Wildman–Crippen MR) is 138 cm³/mol. The third kappa shape index (κ3) is 5.49. The second-order valence-electron chi connectivity index (χ2n) is 7.26. The van der Waals surface area contributed by atoms with Crippen LogP contribution in [0.1, 0.15) is 11.1 Å². The molecule has 1 saturated heterocycles. The van der Waals surface area contributed by atoms with Gasteiger partial charge in [-0.05, 0) is 59.7 Å². The van der Waals surface area contributed by atoms with Gasteiger partial charge in [-0.1, -0.05) is 64.5 Å². The molecule has 0 aromatic heterocycles. The minimum Gasteiger partial charge on any atom is -0.493 e. The van der Waals surface area contributed by atoms with Crippen LogP contribution >= 0.6 is 27.7 Å². The first-order chi connectivity index (χ1) is 16.1. The summed E-state index contributed by atoms with van der Waals surface area (Å²) in [5, 5.41) is 0.671. The second-order valence-corrected chi connectivity index (χ2v) is 9.13. The maximum Gasteiger partial charge on any atom is 0.266 e. The van der Waals surface area contributed by atoms with Crippen molar-refractivity contribution in [3.8, 4) is 11.5 Å². The van der Waals surface area contributed by atoms with Gasteiger partial charge < -0.3 is 9.47 Å². The summed E-state index contributed by atoms with van der Waals surface area (Å²) in [5.74, 6) is 1.15. The largest absolute Gasteiger partial charge is 0.493 e. The molecule has 168 valence electrons. The van der Waals surface area contributed by atoms with Crippen LogP contribution in [0.3, 0.4) is 0 Å². The first-order valence-corrected chi connectivity index (χ1v) is 12.0. The van der Waals surface area contributed by atoms with Crippen LogP contribution < -0.4 is 9.47 Å². The highest BCUT2D eigenvalue weighted by molar-refractivity contribution is 9.10. The lowest BCUT2D eigenvalue weighted by Gasteiger charge is -2.15. The van der Waals surface area contributed by atoms with E-state index in [0.29, 0.717) is 28.1 Å². The molecule has 0 aliphatic carbocycles. The normalized spacial score (nSPS) is 16.0. The molecule has 4 rings (SSSR count). The van der Waals surface area contributed by atoms with Crippen molar-refractivity contribution < 1.29 is 14.3 Å². The van der Waals surface area contributed by atoms with E-state index in [4.69, 9.17) is 14.5 Å². The van der Waals surface area contributed by atoms with E-state index in [-0.39, 0.29) is 5.91 Å². The summed E-state index contributed by atoms with van der Waals surface area (Å²) in [6.07, 6.45) is 2.61. The van der Waals surface area contributed by atoms with Crippen molar-refractivity contribution in [1.29, 1.82) is 0 Å². The number of carbonyl (C=O) groups excluding carboxylic acids is 1. The number of amidine groups is 1. The lowest BCUT2D eigenvalue weighted by Crippen LogP contribution is -2.31. The van der Waals surface area contributed by atoms with Crippen molar-refractivity contribution in [3.63, 3.8) is 0 Å². The standard InChI is InChI=1S/C26H23BrN2O3S/c1-31-22-15-19(21(27)17-23(22)32-2)16-24-25(30)29(14-13-18-9-5-3-6-10-18)26(33-24)28-20-11-7-4-8-12-20/h3-12,15-17H,13-14H2,1-2H3. The molecule has 1 amide bonds. The quantitative estimate of drug-likeness (QED) is 0.341. The van der Waals surface area contributed by atoms with Gasteiger partial charge in [-0.25, -0.2) is 4.99 Å². The number of halogens is 1. The molecule has 3 aromatic carbocycles. The van der Waals surface area contributed by atoms with Gasteiger partial charge in [0.05, 0.1) is 24.8 Å². The molecule has 0 unspecified atom stereocenters. The van der Waals surface area contributed by atoms with E-state index in [1.807, 2.05) is 66.7 Å². The Balaban J connectivity index is 1.67. The zero-order valence-electron chi connectivity index (χ0n) is 18.3.